The molecular weight excluding hydrogens is 440 g/mol. The highest BCUT2D eigenvalue weighted by Crippen LogP contribution is 2.68. The van der Waals surface area contributed by atoms with Crippen LogP contribution in [-0.2, 0) is 20.9 Å². The van der Waals surface area contributed by atoms with Gasteiger partial charge < -0.3 is 19.3 Å². The summed E-state index contributed by atoms with van der Waals surface area (Å²) < 4.78 is 17.4. The van der Waals surface area contributed by atoms with E-state index in [1.165, 1.54) is 5.57 Å². The lowest BCUT2D eigenvalue weighted by Gasteiger charge is -2.59. The van der Waals surface area contributed by atoms with Gasteiger partial charge in [0.15, 0.2) is 11.6 Å². The van der Waals surface area contributed by atoms with Crippen LogP contribution in [0.25, 0.3) is 0 Å². The molecular formula is C30H42O5. The molecule has 5 nitrogen and oxygen atoms in total. The number of benzene rings is 1. The zero-order chi connectivity index (χ0) is 25.1. The van der Waals surface area contributed by atoms with Gasteiger partial charge in [-0.3, -0.25) is 4.79 Å². The van der Waals surface area contributed by atoms with Crippen LogP contribution in [0.4, 0.5) is 0 Å². The highest BCUT2D eigenvalue weighted by molar-refractivity contribution is 5.86. The highest BCUT2D eigenvalue weighted by atomic mass is 16.6. The minimum atomic E-state index is -1.12. The average Bonchev–Trinajstić information content (AvgIpc) is 3.17. The number of ether oxygens (including phenoxy) is 3. The Balaban J connectivity index is 1.33. The Labute approximate surface area is 210 Å². The summed E-state index contributed by atoms with van der Waals surface area (Å²) in [5.74, 6) is 1.57. The van der Waals surface area contributed by atoms with E-state index < -0.39 is 11.4 Å². The van der Waals surface area contributed by atoms with Crippen LogP contribution in [0.5, 0.6) is 5.75 Å². The molecule has 3 fully saturated rings. The van der Waals surface area contributed by atoms with Crippen LogP contribution in [-0.4, -0.2) is 36.5 Å². The molecule has 0 aromatic heterocycles. The van der Waals surface area contributed by atoms with Crippen LogP contribution in [0, 0.1) is 28.6 Å². The van der Waals surface area contributed by atoms with Gasteiger partial charge in [-0.05, 0) is 86.3 Å². The third kappa shape index (κ3) is 3.72. The molecule has 3 saturated carbocycles. The van der Waals surface area contributed by atoms with E-state index in [4.69, 9.17) is 14.2 Å². The van der Waals surface area contributed by atoms with E-state index in [-0.39, 0.29) is 16.6 Å². The Bertz CT molecular complexity index is 1000. The van der Waals surface area contributed by atoms with Gasteiger partial charge in [0.05, 0.1) is 13.7 Å². The largest absolute Gasteiger partial charge is 0.497 e. The Morgan fingerprint density at radius 3 is 2.40 bits per heavy atom. The molecule has 4 aliphatic rings. The number of aliphatic hydroxyl groups is 1. The van der Waals surface area contributed by atoms with Gasteiger partial charge in [0.2, 0.25) is 0 Å². The van der Waals surface area contributed by atoms with E-state index >= 15 is 0 Å². The molecule has 5 heteroatoms. The lowest BCUT2D eigenvalue weighted by atomic mass is 9.46. The molecule has 1 unspecified atom stereocenters. The normalized spacial score (nSPS) is 42.5. The van der Waals surface area contributed by atoms with Crippen molar-refractivity contribution in [3.63, 3.8) is 0 Å². The maximum Gasteiger partial charge on any atom is 0.169 e. The van der Waals surface area contributed by atoms with Crippen molar-refractivity contribution in [3.05, 3.63) is 41.5 Å². The van der Waals surface area contributed by atoms with Crippen LogP contribution in [0.15, 0.2) is 35.9 Å². The van der Waals surface area contributed by atoms with Gasteiger partial charge in [0, 0.05) is 25.4 Å². The van der Waals surface area contributed by atoms with Crippen molar-refractivity contribution >= 4 is 5.78 Å². The van der Waals surface area contributed by atoms with E-state index in [0.717, 1.165) is 49.8 Å². The number of ketones is 1. The van der Waals surface area contributed by atoms with Crippen LogP contribution < -0.4 is 4.74 Å². The lowest BCUT2D eigenvalue weighted by molar-refractivity contribution is -0.232. The lowest BCUT2D eigenvalue weighted by Crippen LogP contribution is -2.58. The van der Waals surface area contributed by atoms with Crippen molar-refractivity contribution in [1.82, 2.24) is 0 Å². The number of methoxy groups -OCH3 is 2. The molecule has 0 bridgehead atoms. The number of carbonyl (C=O) groups excluding carboxylic acids is 1. The van der Waals surface area contributed by atoms with Crippen LogP contribution in [0.2, 0.25) is 0 Å². The third-order valence-electron chi connectivity index (χ3n) is 10.8. The number of hydrogen-bond donors (Lipinski definition) is 1. The SMILES string of the molecule is COc1ccc(COC2(O)CC[C@@]3(C)C(=CC[C@@H]4[C@@H]3CC[C@@]3(C)[C@H]4CC[C@]3(OC)C(C)=O)C2)cc1. The second-order valence-corrected chi connectivity index (χ2v) is 12.1. The van der Waals surface area contributed by atoms with E-state index in [9.17, 15) is 9.90 Å². The molecule has 1 aromatic carbocycles. The summed E-state index contributed by atoms with van der Waals surface area (Å²) in [7, 11) is 3.39. The monoisotopic (exact) mass is 482 g/mol. The first-order chi connectivity index (χ1) is 16.6. The predicted octanol–water partition coefficient (Wildman–Crippen LogP) is 5.84. The fourth-order valence-corrected chi connectivity index (χ4v) is 8.74. The molecule has 7 atom stereocenters. The molecule has 0 spiro atoms. The van der Waals surface area contributed by atoms with Crippen LogP contribution in [0.1, 0.15) is 77.7 Å². The maximum absolute atomic E-state index is 12.8. The summed E-state index contributed by atoms with van der Waals surface area (Å²) in [4.78, 5) is 12.8. The van der Waals surface area contributed by atoms with Gasteiger partial charge in [0.1, 0.15) is 11.4 Å². The van der Waals surface area contributed by atoms with Gasteiger partial charge in [-0.1, -0.05) is 37.6 Å². The topological polar surface area (TPSA) is 65.0 Å². The van der Waals surface area contributed by atoms with Crippen LogP contribution in [0.3, 0.4) is 0 Å². The summed E-state index contributed by atoms with van der Waals surface area (Å²) in [5.41, 5.74) is 1.77. The summed E-state index contributed by atoms with van der Waals surface area (Å²) in [6.45, 7) is 6.85. The van der Waals surface area contributed by atoms with Gasteiger partial charge >= 0.3 is 0 Å². The second-order valence-electron chi connectivity index (χ2n) is 12.1. The van der Waals surface area contributed by atoms with Gasteiger partial charge in [-0.15, -0.1) is 0 Å². The zero-order valence-electron chi connectivity index (χ0n) is 22.1. The highest BCUT2D eigenvalue weighted by Gasteiger charge is 2.66. The number of carbonyl (C=O) groups is 1. The summed E-state index contributed by atoms with van der Waals surface area (Å²) in [5, 5.41) is 11.4. The van der Waals surface area contributed by atoms with Gasteiger partial charge in [0.25, 0.3) is 0 Å². The molecule has 1 aromatic rings. The number of Topliss-reactive ketones (excluding diaryl/α,β-unsaturated/α-hetero) is 1. The minimum absolute atomic E-state index is 0.0899. The molecule has 1 N–H and O–H groups in total. The molecule has 4 aliphatic carbocycles. The minimum Gasteiger partial charge on any atom is -0.497 e. The first kappa shape index (κ1) is 25.0. The molecule has 0 aliphatic heterocycles. The van der Waals surface area contributed by atoms with E-state index in [0.29, 0.717) is 37.2 Å². The molecule has 0 saturated heterocycles. The Kier molecular flexibility index (Phi) is 6.22. The molecule has 0 amide bonds. The number of hydrogen-bond acceptors (Lipinski definition) is 5. The van der Waals surface area contributed by atoms with E-state index in [2.05, 4.69) is 19.9 Å². The molecule has 192 valence electrons. The molecule has 0 heterocycles. The third-order valence-corrected chi connectivity index (χ3v) is 10.8. The van der Waals surface area contributed by atoms with Crippen molar-refractivity contribution in [1.29, 1.82) is 0 Å². The number of fused-ring (bicyclic) bond motifs is 5. The number of rotatable bonds is 6. The molecule has 35 heavy (non-hydrogen) atoms. The standard InChI is InChI=1S/C30H42O5/c1-20(31)30(34-5)15-13-26-24-11-8-22-18-29(32,35-19-21-6-9-23(33-4)10-7-21)17-16-27(22,2)25(24)12-14-28(26,30)3/h6-10,24-26,32H,11-19H2,1-5H3/t24-,25+,26+,27+,28+,29?,30+/m1/s1. The fraction of sp³-hybridized carbons (Fsp3) is 0.700. The summed E-state index contributed by atoms with van der Waals surface area (Å²) in [6.07, 6.45) is 9.68. The van der Waals surface area contributed by atoms with Crippen molar-refractivity contribution in [3.8, 4) is 5.75 Å². The first-order valence-corrected chi connectivity index (χ1v) is 13.4. The Morgan fingerprint density at radius 1 is 1.03 bits per heavy atom. The molecule has 0 radical (unpaired) electrons. The second kappa shape index (κ2) is 8.71. The Morgan fingerprint density at radius 2 is 1.74 bits per heavy atom. The predicted molar refractivity (Wildman–Crippen MR) is 135 cm³/mol. The van der Waals surface area contributed by atoms with Gasteiger partial charge in [-0.25, -0.2) is 0 Å². The Hall–Kier alpha value is -1.69. The quantitative estimate of drug-likeness (QED) is 0.408. The smallest absolute Gasteiger partial charge is 0.169 e. The van der Waals surface area contributed by atoms with Crippen molar-refractivity contribution < 1.29 is 24.1 Å². The number of allylic oxidation sites excluding steroid dienone is 1. The van der Waals surface area contributed by atoms with E-state index in [1.54, 1.807) is 21.1 Å². The molecule has 5 rings (SSSR count). The van der Waals surface area contributed by atoms with Crippen molar-refractivity contribution in [2.45, 2.75) is 90.1 Å². The van der Waals surface area contributed by atoms with Crippen molar-refractivity contribution in [2.75, 3.05) is 14.2 Å². The zero-order valence-corrected chi connectivity index (χ0v) is 22.1. The maximum atomic E-state index is 12.8. The summed E-state index contributed by atoms with van der Waals surface area (Å²) in [6, 6.07) is 7.83. The first-order valence-electron chi connectivity index (χ1n) is 13.4. The van der Waals surface area contributed by atoms with Gasteiger partial charge in [-0.2, -0.15) is 0 Å². The fourth-order valence-electron chi connectivity index (χ4n) is 8.74. The summed E-state index contributed by atoms with van der Waals surface area (Å²) >= 11 is 0. The van der Waals surface area contributed by atoms with Crippen molar-refractivity contribution in [2.24, 2.45) is 28.6 Å². The van der Waals surface area contributed by atoms with Crippen LogP contribution >= 0.6 is 0 Å². The van der Waals surface area contributed by atoms with E-state index in [1.807, 2.05) is 24.3 Å². The average molecular weight is 483 g/mol.